The molecule has 1 aromatic carbocycles. The first kappa shape index (κ1) is 14.1. The molecule has 0 amide bonds. The van der Waals surface area contributed by atoms with E-state index in [4.69, 9.17) is 0 Å². The molecule has 0 bridgehead atoms. The van der Waals surface area contributed by atoms with Gasteiger partial charge in [0.1, 0.15) is 0 Å². The number of nitrogens with zero attached hydrogens (tertiary/aromatic N) is 1. The molecular weight excluding hydrogens is 248 g/mol. The van der Waals surface area contributed by atoms with Crippen LogP contribution in [0, 0.1) is 5.92 Å². The third-order valence-electron chi connectivity index (χ3n) is 4.82. The average Bonchev–Trinajstić information content (AvgIpc) is 2.76. The lowest BCUT2D eigenvalue weighted by molar-refractivity contribution is 0.0537. The van der Waals surface area contributed by atoms with Crippen molar-refractivity contribution in [3.8, 4) is 0 Å². The topological polar surface area (TPSA) is 35.5 Å². The molecule has 20 heavy (non-hydrogen) atoms. The molecule has 0 aliphatic carbocycles. The summed E-state index contributed by atoms with van der Waals surface area (Å²) < 4.78 is 0. The van der Waals surface area contributed by atoms with Crippen LogP contribution < -0.4 is 5.32 Å². The van der Waals surface area contributed by atoms with Gasteiger partial charge in [-0.2, -0.15) is 0 Å². The zero-order chi connectivity index (χ0) is 13.8. The molecule has 0 saturated carbocycles. The first-order valence-corrected chi connectivity index (χ1v) is 8.01. The summed E-state index contributed by atoms with van der Waals surface area (Å²) in [6.45, 7) is 5.08. The summed E-state index contributed by atoms with van der Waals surface area (Å²) in [5.41, 5.74) is 2.92. The molecule has 1 aromatic rings. The van der Waals surface area contributed by atoms with Gasteiger partial charge >= 0.3 is 0 Å². The summed E-state index contributed by atoms with van der Waals surface area (Å²) in [5.74, 6) is 0.474. The first-order valence-electron chi connectivity index (χ1n) is 8.01. The van der Waals surface area contributed by atoms with Crippen LogP contribution in [0.5, 0.6) is 0 Å². The Morgan fingerprint density at radius 2 is 2.05 bits per heavy atom. The third kappa shape index (κ3) is 3.40. The molecule has 0 aromatic heterocycles. The van der Waals surface area contributed by atoms with E-state index in [0.29, 0.717) is 5.92 Å². The molecule has 0 radical (unpaired) electrons. The molecule has 2 aliphatic heterocycles. The van der Waals surface area contributed by atoms with Crippen molar-refractivity contribution in [1.82, 2.24) is 10.2 Å². The third-order valence-corrected chi connectivity index (χ3v) is 4.82. The molecule has 3 rings (SSSR count). The maximum absolute atomic E-state index is 10.5. The van der Waals surface area contributed by atoms with Crippen LogP contribution in [-0.2, 0) is 13.0 Å². The maximum atomic E-state index is 10.5. The highest BCUT2D eigenvalue weighted by atomic mass is 16.3. The molecule has 2 heterocycles. The fourth-order valence-corrected chi connectivity index (χ4v) is 3.55. The highest BCUT2D eigenvalue weighted by Crippen LogP contribution is 2.22. The second-order valence-corrected chi connectivity index (χ2v) is 6.26. The van der Waals surface area contributed by atoms with Crippen LogP contribution in [-0.4, -0.2) is 42.3 Å². The molecule has 2 aliphatic rings. The Bertz CT molecular complexity index is 427. The lowest BCUT2D eigenvalue weighted by atomic mass is 9.93. The first-order chi connectivity index (χ1) is 9.83. The van der Waals surface area contributed by atoms with Crippen molar-refractivity contribution >= 4 is 0 Å². The minimum Gasteiger partial charge on any atom is -0.392 e. The van der Waals surface area contributed by atoms with Gasteiger partial charge in [0.25, 0.3) is 0 Å². The normalized spacial score (nSPS) is 25.8. The van der Waals surface area contributed by atoms with Crippen molar-refractivity contribution in [2.75, 3.05) is 26.2 Å². The summed E-state index contributed by atoms with van der Waals surface area (Å²) in [5, 5.41) is 14.0. The van der Waals surface area contributed by atoms with Crippen molar-refractivity contribution in [1.29, 1.82) is 0 Å². The molecule has 3 nitrogen and oxygen atoms in total. The number of aliphatic hydroxyl groups is 1. The molecule has 2 atom stereocenters. The number of hydrogen-bond donors (Lipinski definition) is 2. The molecular formula is C17H26N2O. The lowest BCUT2D eigenvalue weighted by Gasteiger charge is -2.32. The van der Waals surface area contributed by atoms with Crippen molar-refractivity contribution < 1.29 is 5.11 Å². The summed E-state index contributed by atoms with van der Waals surface area (Å²) in [6.07, 6.45) is 4.43. The lowest BCUT2D eigenvalue weighted by Crippen LogP contribution is -2.39. The fourth-order valence-electron chi connectivity index (χ4n) is 3.55. The number of benzene rings is 1. The van der Waals surface area contributed by atoms with E-state index in [9.17, 15) is 5.11 Å². The van der Waals surface area contributed by atoms with Gasteiger partial charge in [-0.1, -0.05) is 24.3 Å². The smallest absolute Gasteiger partial charge is 0.0695 e. The minimum absolute atomic E-state index is 0.167. The van der Waals surface area contributed by atoms with Crippen LogP contribution in [0.3, 0.4) is 0 Å². The minimum atomic E-state index is -0.167. The van der Waals surface area contributed by atoms with E-state index in [1.165, 1.54) is 24.0 Å². The fraction of sp³-hybridized carbons (Fsp3) is 0.647. The van der Waals surface area contributed by atoms with Gasteiger partial charge in [-0.25, -0.2) is 0 Å². The summed E-state index contributed by atoms with van der Waals surface area (Å²) in [4.78, 5) is 2.42. The number of fused-ring (bicyclic) bond motifs is 1. The van der Waals surface area contributed by atoms with Gasteiger partial charge in [-0.3, -0.25) is 4.90 Å². The Hall–Kier alpha value is -0.900. The molecule has 2 unspecified atom stereocenters. The van der Waals surface area contributed by atoms with Gasteiger partial charge in [0, 0.05) is 19.6 Å². The SMILES string of the molecule is OC(CN1CCc2ccccc2C1)C1CCCNCC1. The monoisotopic (exact) mass is 274 g/mol. The standard InChI is InChI=1S/C17H26N2O/c20-17(15-6-3-9-18-10-7-15)13-19-11-8-14-4-1-2-5-16(14)12-19/h1-2,4-5,15,17-18,20H,3,6-13H2. The van der Waals surface area contributed by atoms with Crippen molar-refractivity contribution in [2.45, 2.75) is 38.3 Å². The number of hydrogen-bond acceptors (Lipinski definition) is 3. The van der Waals surface area contributed by atoms with Crippen LogP contribution >= 0.6 is 0 Å². The van der Waals surface area contributed by atoms with Gasteiger partial charge in [0.15, 0.2) is 0 Å². The van der Waals surface area contributed by atoms with Crippen LogP contribution in [0.1, 0.15) is 30.4 Å². The van der Waals surface area contributed by atoms with Crippen molar-refractivity contribution in [3.63, 3.8) is 0 Å². The second kappa shape index (κ2) is 6.70. The molecule has 1 saturated heterocycles. The molecule has 0 spiro atoms. The Morgan fingerprint density at radius 3 is 2.95 bits per heavy atom. The van der Waals surface area contributed by atoms with Gasteiger partial charge < -0.3 is 10.4 Å². The molecule has 1 fully saturated rings. The molecule has 3 heteroatoms. The Balaban J connectivity index is 1.56. The number of aliphatic hydroxyl groups excluding tert-OH is 1. The van der Waals surface area contributed by atoms with Gasteiger partial charge in [-0.15, -0.1) is 0 Å². The van der Waals surface area contributed by atoms with Crippen LogP contribution in [0.15, 0.2) is 24.3 Å². The largest absolute Gasteiger partial charge is 0.392 e. The van der Waals surface area contributed by atoms with E-state index in [1.54, 1.807) is 0 Å². The highest BCUT2D eigenvalue weighted by Gasteiger charge is 2.24. The van der Waals surface area contributed by atoms with E-state index < -0.39 is 0 Å². The predicted molar refractivity (Wildman–Crippen MR) is 81.6 cm³/mol. The van der Waals surface area contributed by atoms with Crippen molar-refractivity contribution in [2.24, 2.45) is 5.92 Å². The molecule has 110 valence electrons. The van der Waals surface area contributed by atoms with Crippen LogP contribution in [0.25, 0.3) is 0 Å². The molecule has 2 N–H and O–H groups in total. The summed E-state index contributed by atoms with van der Waals surface area (Å²) in [7, 11) is 0. The van der Waals surface area contributed by atoms with Crippen LogP contribution in [0.2, 0.25) is 0 Å². The van der Waals surface area contributed by atoms with Gasteiger partial charge in [0.2, 0.25) is 0 Å². The summed E-state index contributed by atoms with van der Waals surface area (Å²) >= 11 is 0. The number of nitrogens with one attached hydrogen (secondary N) is 1. The Kier molecular flexibility index (Phi) is 4.71. The number of rotatable bonds is 3. The quantitative estimate of drug-likeness (QED) is 0.882. The van der Waals surface area contributed by atoms with Gasteiger partial charge in [-0.05, 0) is 55.8 Å². The van der Waals surface area contributed by atoms with Gasteiger partial charge in [0.05, 0.1) is 6.10 Å². The van der Waals surface area contributed by atoms with E-state index in [2.05, 4.69) is 34.5 Å². The van der Waals surface area contributed by atoms with E-state index in [1.807, 2.05) is 0 Å². The maximum Gasteiger partial charge on any atom is 0.0695 e. The summed E-state index contributed by atoms with van der Waals surface area (Å²) in [6, 6.07) is 8.71. The highest BCUT2D eigenvalue weighted by molar-refractivity contribution is 5.29. The Labute approximate surface area is 122 Å². The van der Waals surface area contributed by atoms with Crippen LogP contribution in [0.4, 0.5) is 0 Å². The van der Waals surface area contributed by atoms with E-state index >= 15 is 0 Å². The average molecular weight is 274 g/mol. The van der Waals surface area contributed by atoms with E-state index in [-0.39, 0.29) is 6.10 Å². The van der Waals surface area contributed by atoms with Crippen molar-refractivity contribution in [3.05, 3.63) is 35.4 Å². The second-order valence-electron chi connectivity index (χ2n) is 6.26. The zero-order valence-electron chi connectivity index (χ0n) is 12.2. The Morgan fingerprint density at radius 1 is 1.20 bits per heavy atom. The predicted octanol–water partition coefficient (Wildman–Crippen LogP) is 1.80. The zero-order valence-corrected chi connectivity index (χ0v) is 12.2. The van der Waals surface area contributed by atoms with E-state index in [0.717, 1.165) is 45.6 Å². The number of β-amino-alcohol motifs (C(OH)–C–C–N with tert-alkyl or cyclic N) is 1.